The fourth-order valence-electron chi connectivity index (χ4n) is 3.07. The Kier molecular flexibility index (Phi) is 5.86. The summed E-state index contributed by atoms with van der Waals surface area (Å²) in [6.07, 6.45) is 3.94. The Labute approximate surface area is 157 Å². The number of amides is 2. The van der Waals surface area contributed by atoms with Gasteiger partial charge in [-0.1, -0.05) is 44.9 Å². The number of nitrogens with one attached hydrogen (secondary N) is 2. The van der Waals surface area contributed by atoms with E-state index in [1.54, 1.807) is 24.5 Å². The molecule has 1 atom stereocenters. The largest absolute Gasteiger partial charge is 0.463 e. The lowest BCUT2D eigenvalue weighted by Gasteiger charge is -2.12. The average Bonchev–Trinajstić information content (AvgIpc) is 3.20. The molecule has 140 valence electrons. The van der Waals surface area contributed by atoms with Gasteiger partial charge in [0.05, 0.1) is 17.3 Å². The van der Waals surface area contributed by atoms with Crippen LogP contribution >= 0.6 is 0 Å². The summed E-state index contributed by atoms with van der Waals surface area (Å²) in [4.78, 5) is 29.3. The number of benzene rings is 1. The number of carbonyl (C=O) groups is 2. The van der Waals surface area contributed by atoms with Crippen molar-refractivity contribution in [2.75, 3.05) is 0 Å². The number of hydrogen-bond donors (Lipinski definition) is 2. The van der Waals surface area contributed by atoms with Gasteiger partial charge < -0.3 is 4.42 Å². The van der Waals surface area contributed by atoms with Crippen LogP contribution in [0.1, 0.15) is 43.5 Å². The summed E-state index contributed by atoms with van der Waals surface area (Å²) in [7, 11) is 0. The third kappa shape index (κ3) is 4.53. The molecule has 0 fully saturated rings. The molecule has 27 heavy (non-hydrogen) atoms. The number of nitrogens with zero attached hydrogens (tertiary/aromatic N) is 1. The highest BCUT2D eigenvalue weighted by Crippen LogP contribution is 2.25. The Balaban J connectivity index is 1.80. The summed E-state index contributed by atoms with van der Waals surface area (Å²) in [6, 6.07) is 12.6. The molecule has 3 aromatic rings. The van der Waals surface area contributed by atoms with Crippen LogP contribution in [0.2, 0.25) is 0 Å². The Morgan fingerprint density at radius 2 is 1.96 bits per heavy atom. The van der Waals surface area contributed by atoms with Gasteiger partial charge in [-0.25, -0.2) is 4.98 Å². The number of pyridine rings is 1. The molecule has 6 heteroatoms. The predicted molar refractivity (Wildman–Crippen MR) is 104 cm³/mol. The van der Waals surface area contributed by atoms with Gasteiger partial charge >= 0.3 is 0 Å². The van der Waals surface area contributed by atoms with E-state index in [0.29, 0.717) is 34.3 Å². The zero-order valence-electron chi connectivity index (χ0n) is 15.5. The van der Waals surface area contributed by atoms with E-state index in [1.165, 1.54) is 0 Å². The van der Waals surface area contributed by atoms with Crippen molar-refractivity contribution in [1.82, 2.24) is 15.8 Å². The third-order valence-corrected chi connectivity index (χ3v) is 4.37. The molecule has 0 aliphatic rings. The molecule has 2 amide bonds. The maximum atomic E-state index is 12.7. The number of hydrogen-bond acceptors (Lipinski definition) is 4. The molecule has 2 heterocycles. The van der Waals surface area contributed by atoms with Crippen molar-refractivity contribution < 1.29 is 14.0 Å². The molecular weight excluding hydrogens is 342 g/mol. The second kappa shape index (κ2) is 8.49. The summed E-state index contributed by atoms with van der Waals surface area (Å²) < 4.78 is 5.40. The van der Waals surface area contributed by atoms with Crippen LogP contribution in [-0.4, -0.2) is 16.8 Å². The fourth-order valence-corrected chi connectivity index (χ4v) is 3.07. The first-order chi connectivity index (χ1) is 13.1. The normalized spacial score (nSPS) is 11.9. The molecule has 0 aliphatic carbocycles. The first kappa shape index (κ1) is 18.6. The number of fused-ring (bicyclic) bond motifs is 1. The van der Waals surface area contributed by atoms with Gasteiger partial charge in [0.2, 0.25) is 5.91 Å². The number of aromatic nitrogens is 1. The lowest BCUT2D eigenvalue weighted by molar-refractivity contribution is -0.122. The standard InChI is InChI=1S/C21H23N3O3/c1-3-7-14(2)12-20(25)23-24-21(26)16-13-18(19-10-6-11-27-19)22-17-9-5-4-8-15(16)17/h4-6,8-11,13-14H,3,7,12H2,1-2H3,(H,23,25)(H,24,26). The molecule has 0 spiro atoms. The van der Waals surface area contributed by atoms with Gasteiger partial charge in [0.15, 0.2) is 5.76 Å². The second-order valence-corrected chi connectivity index (χ2v) is 6.65. The van der Waals surface area contributed by atoms with Gasteiger partial charge in [0, 0.05) is 11.8 Å². The number of hydrazine groups is 1. The van der Waals surface area contributed by atoms with E-state index in [-0.39, 0.29) is 11.8 Å². The third-order valence-electron chi connectivity index (χ3n) is 4.37. The summed E-state index contributed by atoms with van der Waals surface area (Å²) in [5, 5.41) is 0.707. The number of rotatable bonds is 6. The van der Waals surface area contributed by atoms with Crippen molar-refractivity contribution in [2.24, 2.45) is 5.92 Å². The van der Waals surface area contributed by atoms with E-state index in [2.05, 4.69) is 22.8 Å². The molecule has 1 aromatic carbocycles. The molecule has 0 radical (unpaired) electrons. The van der Waals surface area contributed by atoms with Crippen molar-refractivity contribution in [3.63, 3.8) is 0 Å². The maximum absolute atomic E-state index is 12.7. The van der Waals surface area contributed by atoms with Crippen molar-refractivity contribution in [1.29, 1.82) is 0 Å². The Bertz CT molecular complexity index is 935. The van der Waals surface area contributed by atoms with Gasteiger partial charge in [-0.15, -0.1) is 0 Å². The minimum Gasteiger partial charge on any atom is -0.463 e. The lowest BCUT2D eigenvalue weighted by Crippen LogP contribution is -2.42. The van der Waals surface area contributed by atoms with Crippen LogP contribution in [-0.2, 0) is 4.79 Å². The van der Waals surface area contributed by atoms with Crippen molar-refractivity contribution in [3.05, 3.63) is 54.3 Å². The van der Waals surface area contributed by atoms with E-state index >= 15 is 0 Å². The van der Waals surface area contributed by atoms with Crippen molar-refractivity contribution >= 4 is 22.7 Å². The summed E-state index contributed by atoms with van der Waals surface area (Å²) in [5.74, 6) is 0.262. The molecule has 6 nitrogen and oxygen atoms in total. The lowest BCUT2D eigenvalue weighted by atomic mass is 10.0. The number of furan rings is 1. The zero-order valence-corrected chi connectivity index (χ0v) is 15.5. The quantitative estimate of drug-likeness (QED) is 0.645. The fraction of sp³-hybridized carbons (Fsp3) is 0.286. The average molecular weight is 365 g/mol. The molecule has 0 saturated heterocycles. The molecule has 3 rings (SSSR count). The van der Waals surface area contributed by atoms with Crippen LogP contribution in [0, 0.1) is 5.92 Å². The van der Waals surface area contributed by atoms with Crippen LogP contribution in [0.5, 0.6) is 0 Å². The Morgan fingerprint density at radius 3 is 2.70 bits per heavy atom. The van der Waals surface area contributed by atoms with Crippen molar-refractivity contribution in [3.8, 4) is 11.5 Å². The summed E-state index contributed by atoms with van der Waals surface area (Å²) >= 11 is 0. The highest BCUT2D eigenvalue weighted by atomic mass is 16.3. The van der Waals surface area contributed by atoms with E-state index < -0.39 is 5.91 Å². The monoisotopic (exact) mass is 365 g/mol. The molecule has 0 aliphatic heterocycles. The molecule has 2 aromatic heterocycles. The Morgan fingerprint density at radius 1 is 1.15 bits per heavy atom. The van der Waals surface area contributed by atoms with Crippen LogP contribution in [0.25, 0.3) is 22.4 Å². The maximum Gasteiger partial charge on any atom is 0.270 e. The predicted octanol–water partition coefficient (Wildman–Crippen LogP) is 4.08. The highest BCUT2D eigenvalue weighted by molar-refractivity contribution is 6.07. The molecule has 0 saturated carbocycles. The minimum absolute atomic E-state index is 0.200. The molecule has 2 N–H and O–H groups in total. The smallest absolute Gasteiger partial charge is 0.270 e. The van der Waals surface area contributed by atoms with E-state index in [9.17, 15) is 9.59 Å². The van der Waals surface area contributed by atoms with Crippen LogP contribution in [0.4, 0.5) is 0 Å². The van der Waals surface area contributed by atoms with Gasteiger partial charge in [-0.2, -0.15) is 0 Å². The zero-order chi connectivity index (χ0) is 19.2. The number of para-hydroxylation sites is 1. The molecular formula is C21H23N3O3. The molecule has 0 bridgehead atoms. The summed E-state index contributed by atoms with van der Waals surface area (Å²) in [6.45, 7) is 4.11. The first-order valence-electron chi connectivity index (χ1n) is 9.11. The Hall–Kier alpha value is -3.15. The van der Waals surface area contributed by atoms with Crippen LogP contribution in [0.15, 0.2) is 53.1 Å². The topological polar surface area (TPSA) is 84.2 Å². The van der Waals surface area contributed by atoms with Gasteiger partial charge in [0.25, 0.3) is 5.91 Å². The van der Waals surface area contributed by atoms with Gasteiger partial charge in [0.1, 0.15) is 5.69 Å². The van der Waals surface area contributed by atoms with E-state index in [1.807, 2.05) is 31.2 Å². The van der Waals surface area contributed by atoms with Crippen LogP contribution in [0.3, 0.4) is 0 Å². The number of carbonyl (C=O) groups excluding carboxylic acids is 2. The van der Waals surface area contributed by atoms with Gasteiger partial charge in [-0.3, -0.25) is 20.4 Å². The summed E-state index contributed by atoms with van der Waals surface area (Å²) in [5.41, 5.74) is 6.69. The SMILES string of the molecule is CCCC(C)CC(=O)NNC(=O)c1cc(-c2ccco2)nc2ccccc12. The minimum atomic E-state index is -0.391. The van der Waals surface area contributed by atoms with E-state index in [0.717, 1.165) is 12.8 Å². The second-order valence-electron chi connectivity index (χ2n) is 6.65. The first-order valence-corrected chi connectivity index (χ1v) is 9.11. The molecule has 1 unspecified atom stereocenters. The van der Waals surface area contributed by atoms with Gasteiger partial charge in [-0.05, 0) is 30.2 Å². The van der Waals surface area contributed by atoms with E-state index in [4.69, 9.17) is 4.42 Å². The van der Waals surface area contributed by atoms with Crippen molar-refractivity contribution in [2.45, 2.75) is 33.1 Å². The highest BCUT2D eigenvalue weighted by Gasteiger charge is 2.16. The van der Waals surface area contributed by atoms with Crippen LogP contribution < -0.4 is 10.9 Å².